The first-order valence-corrected chi connectivity index (χ1v) is 8.75. The fraction of sp³-hybridized carbons (Fsp3) is 0.188. The third-order valence-electron chi connectivity index (χ3n) is 3.37. The van der Waals surface area contributed by atoms with Crippen molar-refractivity contribution < 1.29 is 9.72 Å². The number of carbonyl (C=O) groups is 1. The Morgan fingerprint density at radius 1 is 1.22 bits per heavy atom. The zero-order valence-corrected chi connectivity index (χ0v) is 15.2. The van der Waals surface area contributed by atoms with Crippen molar-refractivity contribution in [1.82, 2.24) is 0 Å². The van der Waals surface area contributed by atoms with E-state index in [1.165, 1.54) is 17.8 Å². The fourth-order valence-corrected chi connectivity index (χ4v) is 3.50. The first-order chi connectivity index (χ1) is 10.8. The first kappa shape index (κ1) is 17.5. The molecule has 2 aromatic carbocycles. The smallest absolute Gasteiger partial charge is 0.283 e. The number of anilines is 1. The largest absolute Gasteiger partial charge is 0.321 e. The normalized spacial score (nSPS) is 10.4. The van der Waals surface area contributed by atoms with Crippen molar-refractivity contribution >= 4 is 45.0 Å². The second-order valence-corrected chi connectivity index (χ2v) is 6.78. The molecule has 0 aliphatic carbocycles. The van der Waals surface area contributed by atoms with E-state index >= 15 is 0 Å². The van der Waals surface area contributed by atoms with E-state index in [2.05, 4.69) is 21.2 Å². The fourth-order valence-electron chi connectivity index (χ4n) is 2.27. The molecule has 1 amide bonds. The van der Waals surface area contributed by atoms with Crippen LogP contribution in [0.2, 0.25) is 0 Å². The lowest BCUT2D eigenvalue weighted by Gasteiger charge is -2.12. The van der Waals surface area contributed by atoms with E-state index < -0.39 is 4.92 Å². The number of carbonyl (C=O) groups excluding carboxylic acids is 1. The summed E-state index contributed by atoms with van der Waals surface area (Å²) in [6.07, 6.45) is 1.76. The van der Waals surface area contributed by atoms with Gasteiger partial charge in [-0.05, 0) is 55.5 Å². The van der Waals surface area contributed by atoms with E-state index in [1.807, 2.05) is 26.0 Å². The first-order valence-electron chi connectivity index (χ1n) is 6.74. The summed E-state index contributed by atoms with van der Waals surface area (Å²) in [7, 11) is 0. The molecule has 23 heavy (non-hydrogen) atoms. The summed E-state index contributed by atoms with van der Waals surface area (Å²) in [5.74, 6) is -0.366. The van der Waals surface area contributed by atoms with Gasteiger partial charge in [-0.2, -0.15) is 0 Å². The summed E-state index contributed by atoms with van der Waals surface area (Å²) in [4.78, 5) is 23.6. The third kappa shape index (κ3) is 3.92. The maximum absolute atomic E-state index is 12.4. The van der Waals surface area contributed by atoms with E-state index in [0.29, 0.717) is 4.90 Å². The van der Waals surface area contributed by atoms with Crippen molar-refractivity contribution in [3.63, 3.8) is 0 Å². The van der Waals surface area contributed by atoms with Gasteiger partial charge in [0.25, 0.3) is 11.6 Å². The van der Waals surface area contributed by atoms with Crippen molar-refractivity contribution in [1.29, 1.82) is 0 Å². The molecule has 0 aromatic heterocycles. The molecule has 0 atom stereocenters. The highest BCUT2D eigenvalue weighted by Crippen LogP contribution is 2.29. The molecular weight excluding hydrogens is 380 g/mol. The van der Waals surface area contributed by atoms with E-state index in [9.17, 15) is 14.9 Å². The monoisotopic (exact) mass is 394 g/mol. The Labute approximate surface area is 146 Å². The van der Waals surface area contributed by atoms with Crippen molar-refractivity contribution in [3.05, 3.63) is 61.6 Å². The lowest BCUT2D eigenvalue weighted by atomic mass is 10.1. The summed E-state index contributed by atoms with van der Waals surface area (Å²) in [5, 5.41) is 14.0. The van der Waals surface area contributed by atoms with Crippen LogP contribution < -0.4 is 5.32 Å². The van der Waals surface area contributed by atoms with Crippen LogP contribution in [0, 0.1) is 24.0 Å². The van der Waals surface area contributed by atoms with Crippen molar-refractivity contribution in [2.75, 3.05) is 11.6 Å². The van der Waals surface area contributed by atoms with Crippen LogP contribution >= 0.6 is 27.7 Å². The van der Waals surface area contributed by atoms with Gasteiger partial charge in [0.05, 0.1) is 9.82 Å². The summed E-state index contributed by atoms with van der Waals surface area (Å²) in [6, 6.07) is 8.31. The summed E-state index contributed by atoms with van der Waals surface area (Å²) < 4.78 is 0.936. The average Bonchev–Trinajstić information content (AvgIpc) is 2.49. The number of hydrogen-bond donors (Lipinski definition) is 1. The maximum Gasteiger partial charge on any atom is 0.283 e. The molecule has 5 nitrogen and oxygen atoms in total. The number of halogens is 1. The number of nitro groups is 1. The quantitative estimate of drug-likeness (QED) is 0.452. The Bertz CT molecular complexity index is 770. The molecule has 120 valence electrons. The zero-order chi connectivity index (χ0) is 17.1. The standard InChI is InChI=1S/C16H15BrN2O3S/c1-9-6-12(17)7-10(2)15(9)18-16(20)11-4-5-14(23-3)13(8-11)19(21)22/h4-8H,1-3H3,(H,18,20). The SMILES string of the molecule is CSc1ccc(C(=O)Nc2c(C)cc(Br)cc2C)cc1[N+](=O)[O-]. The minimum atomic E-state index is -0.473. The van der Waals surface area contributed by atoms with Crippen LogP contribution in [0.25, 0.3) is 0 Å². The molecule has 0 unspecified atom stereocenters. The molecule has 0 radical (unpaired) electrons. The molecule has 0 aliphatic heterocycles. The highest BCUT2D eigenvalue weighted by molar-refractivity contribution is 9.10. The van der Waals surface area contributed by atoms with Crippen LogP contribution in [-0.2, 0) is 0 Å². The topological polar surface area (TPSA) is 72.2 Å². The Morgan fingerprint density at radius 3 is 2.35 bits per heavy atom. The van der Waals surface area contributed by atoms with Crippen molar-refractivity contribution in [2.24, 2.45) is 0 Å². The highest BCUT2D eigenvalue weighted by Gasteiger charge is 2.18. The minimum absolute atomic E-state index is 0.0607. The summed E-state index contributed by atoms with van der Waals surface area (Å²) in [6.45, 7) is 3.79. The predicted molar refractivity (Wildman–Crippen MR) is 96.4 cm³/mol. The average molecular weight is 395 g/mol. The molecule has 0 saturated heterocycles. The van der Waals surface area contributed by atoms with Crippen LogP contribution in [0.5, 0.6) is 0 Å². The van der Waals surface area contributed by atoms with Gasteiger partial charge in [0, 0.05) is 21.8 Å². The predicted octanol–water partition coefficient (Wildman–Crippen LogP) is 4.95. The summed E-state index contributed by atoms with van der Waals surface area (Å²) in [5.41, 5.74) is 2.75. The van der Waals surface area contributed by atoms with Gasteiger partial charge < -0.3 is 5.32 Å². The van der Waals surface area contributed by atoms with E-state index in [0.717, 1.165) is 21.3 Å². The van der Waals surface area contributed by atoms with Crippen molar-refractivity contribution in [3.8, 4) is 0 Å². The molecular formula is C16H15BrN2O3S. The number of amides is 1. The van der Waals surface area contributed by atoms with Gasteiger partial charge in [0.1, 0.15) is 0 Å². The Kier molecular flexibility index (Phi) is 5.43. The number of nitro benzene ring substituents is 1. The van der Waals surface area contributed by atoms with Gasteiger partial charge in [-0.3, -0.25) is 14.9 Å². The number of nitrogens with one attached hydrogen (secondary N) is 1. The van der Waals surface area contributed by atoms with Crippen LogP contribution in [0.15, 0.2) is 39.7 Å². The van der Waals surface area contributed by atoms with Gasteiger partial charge in [-0.1, -0.05) is 15.9 Å². The van der Waals surface area contributed by atoms with Gasteiger partial charge in [0.2, 0.25) is 0 Å². The van der Waals surface area contributed by atoms with Crippen LogP contribution in [0.3, 0.4) is 0 Å². The molecule has 1 N–H and O–H groups in total. The second kappa shape index (κ2) is 7.14. The molecule has 0 aliphatic rings. The Balaban J connectivity index is 2.35. The molecule has 0 fully saturated rings. The third-order valence-corrected chi connectivity index (χ3v) is 4.62. The van der Waals surface area contributed by atoms with Gasteiger partial charge in [0.15, 0.2) is 0 Å². The number of aryl methyl sites for hydroxylation is 2. The van der Waals surface area contributed by atoms with E-state index in [4.69, 9.17) is 0 Å². The molecule has 2 rings (SSSR count). The molecule has 7 heteroatoms. The van der Waals surface area contributed by atoms with Crippen LogP contribution in [0.4, 0.5) is 11.4 Å². The number of thioether (sulfide) groups is 1. The van der Waals surface area contributed by atoms with Crippen LogP contribution in [0.1, 0.15) is 21.5 Å². The van der Waals surface area contributed by atoms with Gasteiger partial charge >= 0.3 is 0 Å². The Hall–Kier alpha value is -1.86. The molecule has 0 spiro atoms. The van der Waals surface area contributed by atoms with Crippen molar-refractivity contribution in [2.45, 2.75) is 18.7 Å². The molecule has 0 bridgehead atoms. The number of nitrogens with zero attached hydrogens (tertiary/aromatic N) is 1. The van der Waals surface area contributed by atoms with E-state index in [-0.39, 0.29) is 17.2 Å². The molecule has 0 heterocycles. The summed E-state index contributed by atoms with van der Waals surface area (Å²) >= 11 is 4.69. The lowest BCUT2D eigenvalue weighted by molar-refractivity contribution is -0.387. The highest BCUT2D eigenvalue weighted by atomic mass is 79.9. The van der Waals surface area contributed by atoms with E-state index in [1.54, 1.807) is 18.4 Å². The zero-order valence-electron chi connectivity index (χ0n) is 12.8. The van der Waals surface area contributed by atoms with Crippen LogP contribution in [-0.4, -0.2) is 17.1 Å². The Morgan fingerprint density at radius 2 is 1.83 bits per heavy atom. The second-order valence-electron chi connectivity index (χ2n) is 5.01. The number of hydrogen-bond acceptors (Lipinski definition) is 4. The van der Waals surface area contributed by atoms with Gasteiger partial charge in [-0.15, -0.1) is 11.8 Å². The maximum atomic E-state index is 12.4. The minimum Gasteiger partial charge on any atom is -0.321 e. The number of rotatable bonds is 4. The molecule has 0 saturated carbocycles. The molecule has 2 aromatic rings. The lowest BCUT2D eigenvalue weighted by Crippen LogP contribution is -2.14. The van der Waals surface area contributed by atoms with Gasteiger partial charge in [-0.25, -0.2) is 0 Å². The number of benzene rings is 2.